The fourth-order valence-corrected chi connectivity index (χ4v) is 2.51. The third kappa shape index (κ3) is 4.07. The summed E-state index contributed by atoms with van der Waals surface area (Å²) in [6, 6.07) is 0. The van der Waals surface area contributed by atoms with Crippen LogP contribution in [-0.4, -0.2) is 25.7 Å². The average Bonchev–Trinajstić information content (AvgIpc) is 2.45. The van der Waals surface area contributed by atoms with Crippen LogP contribution in [0.5, 0.6) is 0 Å². The highest BCUT2D eigenvalue weighted by Gasteiger charge is 2.42. The summed E-state index contributed by atoms with van der Waals surface area (Å²) in [4.78, 5) is 12.7. The Bertz CT molecular complexity index is 388. The van der Waals surface area contributed by atoms with Crippen molar-refractivity contribution >= 4 is 5.91 Å². The van der Waals surface area contributed by atoms with Crippen LogP contribution >= 0.6 is 0 Å². The largest absolute Gasteiger partial charge is 0.381 e. The monoisotopic (exact) mass is 277 g/mol. The van der Waals surface area contributed by atoms with E-state index in [4.69, 9.17) is 4.74 Å². The fraction of sp³-hybridized carbons (Fsp3) is 0.588. The lowest BCUT2D eigenvalue weighted by atomic mass is 9.72. The molecule has 0 aromatic heterocycles. The molecule has 1 amide bonds. The van der Waals surface area contributed by atoms with Gasteiger partial charge in [-0.3, -0.25) is 4.79 Å². The van der Waals surface area contributed by atoms with Gasteiger partial charge in [-0.05, 0) is 31.3 Å². The van der Waals surface area contributed by atoms with Crippen molar-refractivity contribution in [1.82, 2.24) is 5.32 Å². The van der Waals surface area contributed by atoms with Crippen LogP contribution < -0.4 is 5.32 Å². The van der Waals surface area contributed by atoms with Crippen molar-refractivity contribution in [2.24, 2.45) is 11.3 Å². The highest BCUT2D eigenvalue weighted by molar-refractivity contribution is 5.87. The van der Waals surface area contributed by atoms with E-state index >= 15 is 0 Å². The topological polar surface area (TPSA) is 38.3 Å². The summed E-state index contributed by atoms with van der Waals surface area (Å²) in [5.41, 5.74) is 0.549. The minimum atomic E-state index is -0.478. The molecule has 0 unspecified atom stereocenters. The number of nitrogens with one attached hydrogen (secondary N) is 1. The standard InChI is InChI=1S/C17H27NO2/c1-5-7-15(8-6-2)17(9-11-20-12-10-17)16(19)18-13-14(3)4/h5-8,14H,1,9-13H2,2-4H3,(H,18,19)/b8-6-,15-7+. The molecule has 0 aromatic rings. The van der Waals surface area contributed by atoms with Crippen LogP contribution in [0.3, 0.4) is 0 Å². The fourth-order valence-electron chi connectivity index (χ4n) is 2.51. The lowest BCUT2D eigenvalue weighted by Crippen LogP contribution is -2.46. The van der Waals surface area contributed by atoms with E-state index in [1.807, 2.05) is 25.2 Å². The van der Waals surface area contributed by atoms with Gasteiger partial charge < -0.3 is 10.1 Å². The van der Waals surface area contributed by atoms with Gasteiger partial charge in [-0.15, -0.1) is 0 Å². The predicted molar refractivity (Wildman–Crippen MR) is 83.4 cm³/mol. The van der Waals surface area contributed by atoms with Crippen molar-refractivity contribution in [3.05, 3.63) is 36.5 Å². The molecule has 1 fully saturated rings. The minimum absolute atomic E-state index is 0.112. The van der Waals surface area contributed by atoms with Gasteiger partial charge in [-0.2, -0.15) is 0 Å². The molecule has 1 aliphatic rings. The van der Waals surface area contributed by atoms with Gasteiger partial charge in [-0.25, -0.2) is 0 Å². The summed E-state index contributed by atoms with van der Waals surface area (Å²) in [5, 5.41) is 3.09. The predicted octanol–water partition coefficient (Wildman–Crippen LogP) is 3.24. The van der Waals surface area contributed by atoms with Gasteiger partial charge in [0.25, 0.3) is 0 Å². The minimum Gasteiger partial charge on any atom is -0.381 e. The van der Waals surface area contributed by atoms with Crippen LogP contribution in [0.15, 0.2) is 36.5 Å². The zero-order valence-electron chi connectivity index (χ0n) is 12.9. The summed E-state index contributed by atoms with van der Waals surface area (Å²) >= 11 is 0. The molecule has 0 bridgehead atoms. The normalized spacial score (nSPS) is 19.3. The molecule has 1 rings (SSSR count). The van der Waals surface area contributed by atoms with Crippen LogP contribution in [0.25, 0.3) is 0 Å². The lowest BCUT2D eigenvalue weighted by Gasteiger charge is -2.37. The first-order chi connectivity index (χ1) is 9.56. The Balaban J connectivity index is 3.04. The second-order valence-corrected chi connectivity index (χ2v) is 5.66. The first-order valence-electron chi connectivity index (χ1n) is 7.38. The third-order valence-electron chi connectivity index (χ3n) is 3.65. The van der Waals surface area contributed by atoms with Crippen molar-refractivity contribution in [3.8, 4) is 0 Å². The number of carbonyl (C=O) groups excluding carboxylic acids is 1. The molecule has 0 aliphatic carbocycles. The van der Waals surface area contributed by atoms with E-state index in [-0.39, 0.29) is 5.91 Å². The van der Waals surface area contributed by atoms with E-state index in [2.05, 4.69) is 25.7 Å². The van der Waals surface area contributed by atoms with Gasteiger partial charge in [0, 0.05) is 19.8 Å². The van der Waals surface area contributed by atoms with E-state index in [1.54, 1.807) is 6.08 Å². The maximum atomic E-state index is 12.7. The molecule has 112 valence electrons. The summed E-state index contributed by atoms with van der Waals surface area (Å²) < 4.78 is 5.45. The van der Waals surface area contributed by atoms with Crippen LogP contribution in [0.1, 0.15) is 33.6 Å². The Morgan fingerprint density at radius 1 is 1.40 bits per heavy atom. The third-order valence-corrected chi connectivity index (χ3v) is 3.65. The first kappa shape index (κ1) is 16.7. The van der Waals surface area contributed by atoms with Crippen LogP contribution in [0.2, 0.25) is 0 Å². The molecule has 0 atom stereocenters. The second-order valence-electron chi connectivity index (χ2n) is 5.66. The molecular formula is C17H27NO2. The molecule has 1 aliphatic heterocycles. The van der Waals surface area contributed by atoms with Crippen LogP contribution in [0.4, 0.5) is 0 Å². The maximum Gasteiger partial charge on any atom is 0.230 e. The molecule has 0 spiro atoms. The second kappa shape index (κ2) is 8.05. The number of carbonyl (C=O) groups is 1. The van der Waals surface area contributed by atoms with E-state index in [1.165, 1.54) is 0 Å². The van der Waals surface area contributed by atoms with E-state index < -0.39 is 5.41 Å². The summed E-state index contributed by atoms with van der Waals surface area (Å²) in [7, 11) is 0. The van der Waals surface area contributed by atoms with Gasteiger partial charge in [0.1, 0.15) is 0 Å². The Labute approximate surface area is 122 Å². The molecule has 0 saturated carbocycles. The van der Waals surface area contributed by atoms with Gasteiger partial charge in [0.15, 0.2) is 0 Å². The zero-order chi connectivity index (χ0) is 15.0. The molecular weight excluding hydrogens is 250 g/mol. The summed E-state index contributed by atoms with van der Waals surface area (Å²) in [6.45, 7) is 11.9. The van der Waals surface area contributed by atoms with Gasteiger partial charge in [0.2, 0.25) is 5.91 Å². The summed E-state index contributed by atoms with van der Waals surface area (Å²) in [6.07, 6.45) is 9.13. The van der Waals surface area contributed by atoms with Crippen molar-refractivity contribution in [3.63, 3.8) is 0 Å². The number of ether oxygens (including phenoxy) is 1. The highest BCUT2D eigenvalue weighted by Crippen LogP contribution is 2.39. The molecule has 0 aromatic carbocycles. The number of hydrogen-bond donors (Lipinski definition) is 1. The molecule has 1 N–H and O–H groups in total. The smallest absolute Gasteiger partial charge is 0.230 e. The van der Waals surface area contributed by atoms with Crippen molar-refractivity contribution in [2.45, 2.75) is 33.6 Å². The van der Waals surface area contributed by atoms with Crippen molar-refractivity contribution in [1.29, 1.82) is 0 Å². The Kier molecular flexibility index (Phi) is 6.73. The zero-order valence-corrected chi connectivity index (χ0v) is 12.9. The Morgan fingerprint density at radius 2 is 2.05 bits per heavy atom. The molecule has 1 heterocycles. The Hall–Kier alpha value is -1.35. The molecule has 1 saturated heterocycles. The first-order valence-corrected chi connectivity index (χ1v) is 7.38. The van der Waals surface area contributed by atoms with Crippen LogP contribution in [0, 0.1) is 11.3 Å². The number of allylic oxidation sites excluding steroid dienone is 4. The number of hydrogen-bond acceptors (Lipinski definition) is 2. The molecule has 0 radical (unpaired) electrons. The molecule has 3 heteroatoms. The van der Waals surface area contributed by atoms with Gasteiger partial charge in [0.05, 0.1) is 5.41 Å². The van der Waals surface area contributed by atoms with E-state index in [0.29, 0.717) is 25.7 Å². The Morgan fingerprint density at radius 3 is 2.55 bits per heavy atom. The highest BCUT2D eigenvalue weighted by atomic mass is 16.5. The number of amides is 1. The van der Waals surface area contributed by atoms with Crippen LogP contribution in [-0.2, 0) is 9.53 Å². The lowest BCUT2D eigenvalue weighted by molar-refractivity contribution is -0.133. The summed E-state index contributed by atoms with van der Waals surface area (Å²) in [5.74, 6) is 0.560. The maximum absolute atomic E-state index is 12.7. The SMILES string of the molecule is C=C/C=C(\C=C/C)C1(C(=O)NCC(C)C)CCOCC1. The quantitative estimate of drug-likeness (QED) is 0.757. The average molecular weight is 277 g/mol. The van der Waals surface area contributed by atoms with Gasteiger partial charge in [-0.1, -0.05) is 44.7 Å². The van der Waals surface area contributed by atoms with Gasteiger partial charge >= 0.3 is 0 Å². The van der Waals surface area contributed by atoms with E-state index in [0.717, 1.165) is 18.4 Å². The van der Waals surface area contributed by atoms with Crippen molar-refractivity contribution in [2.75, 3.05) is 19.8 Å². The van der Waals surface area contributed by atoms with E-state index in [9.17, 15) is 4.79 Å². The number of rotatable bonds is 6. The molecule has 3 nitrogen and oxygen atoms in total. The van der Waals surface area contributed by atoms with Crippen molar-refractivity contribution < 1.29 is 9.53 Å². The molecule has 20 heavy (non-hydrogen) atoms.